The SMILES string of the molecule is Cl.Cl.O=C(NCC1CC2(CCNCC2)CO1)c1cnc2c(c1)ncn2Cc1ccccc1. The van der Waals surface area contributed by atoms with Crippen molar-refractivity contribution in [1.29, 1.82) is 0 Å². The predicted molar refractivity (Wildman–Crippen MR) is 129 cm³/mol. The summed E-state index contributed by atoms with van der Waals surface area (Å²) in [6.45, 7) is 4.17. The van der Waals surface area contributed by atoms with Crippen molar-refractivity contribution in [2.24, 2.45) is 5.41 Å². The maximum atomic E-state index is 12.7. The van der Waals surface area contributed by atoms with Crippen LogP contribution in [0.3, 0.4) is 0 Å². The molecule has 2 aromatic heterocycles. The van der Waals surface area contributed by atoms with Crippen molar-refractivity contribution < 1.29 is 9.53 Å². The Labute approximate surface area is 200 Å². The maximum absolute atomic E-state index is 12.7. The van der Waals surface area contributed by atoms with E-state index in [-0.39, 0.29) is 36.8 Å². The summed E-state index contributed by atoms with van der Waals surface area (Å²) in [5.41, 5.74) is 3.52. The highest BCUT2D eigenvalue weighted by molar-refractivity contribution is 5.96. The summed E-state index contributed by atoms with van der Waals surface area (Å²) in [5, 5.41) is 6.43. The summed E-state index contributed by atoms with van der Waals surface area (Å²) in [6, 6.07) is 12.0. The zero-order valence-electron chi connectivity index (χ0n) is 17.8. The fourth-order valence-electron chi connectivity index (χ4n) is 4.61. The van der Waals surface area contributed by atoms with Crippen LogP contribution in [0.2, 0.25) is 0 Å². The number of hydrogen-bond donors (Lipinski definition) is 2. The maximum Gasteiger partial charge on any atom is 0.253 e. The molecule has 2 aliphatic heterocycles. The number of benzene rings is 1. The van der Waals surface area contributed by atoms with E-state index >= 15 is 0 Å². The van der Waals surface area contributed by atoms with Gasteiger partial charge in [-0.25, -0.2) is 9.97 Å². The van der Waals surface area contributed by atoms with Crippen molar-refractivity contribution in [2.75, 3.05) is 26.2 Å². The number of pyridine rings is 1. The molecule has 5 rings (SSSR count). The molecular weight excluding hydrogens is 449 g/mol. The summed E-state index contributed by atoms with van der Waals surface area (Å²) in [5.74, 6) is -0.128. The van der Waals surface area contributed by atoms with E-state index in [2.05, 4.69) is 32.7 Å². The van der Waals surface area contributed by atoms with Crippen LogP contribution in [0.1, 0.15) is 35.2 Å². The number of piperidine rings is 1. The van der Waals surface area contributed by atoms with Gasteiger partial charge in [-0.2, -0.15) is 0 Å². The molecular formula is C23H29Cl2N5O2. The average Bonchev–Trinajstić information content (AvgIpc) is 3.37. The molecule has 1 unspecified atom stereocenters. The van der Waals surface area contributed by atoms with Gasteiger partial charge in [0.2, 0.25) is 0 Å². The van der Waals surface area contributed by atoms with Crippen LogP contribution in [0.25, 0.3) is 11.2 Å². The van der Waals surface area contributed by atoms with Crippen LogP contribution in [0.15, 0.2) is 48.9 Å². The fraction of sp³-hybridized carbons (Fsp3) is 0.435. The van der Waals surface area contributed by atoms with Crippen molar-refractivity contribution in [3.8, 4) is 0 Å². The Bertz CT molecular complexity index is 1040. The van der Waals surface area contributed by atoms with Crippen LogP contribution >= 0.6 is 24.8 Å². The molecule has 1 aromatic carbocycles. The number of fused-ring (bicyclic) bond motifs is 1. The van der Waals surface area contributed by atoms with Crippen molar-refractivity contribution in [1.82, 2.24) is 25.2 Å². The van der Waals surface area contributed by atoms with Gasteiger partial charge in [0.1, 0.15) is 5.52 Å². The summed E-state index contributed by atoms with van der Waals surface area (Å²) in [6.07, 6.45) is 6.83. The zero-order chi connectivity index (χ0) is 20.4. The Morgan fingerprint density at radius 2 is 1.97 bits per heavy atom. The second-order valence-electron chi connectivity index (χ2n) is 8.52. The molecule has 0 aliphatic carbocycles. The molecule has 0 radical (unpaired) electrons. The number of carbonyl (C=O) groups excluding carboxylic acids is 1. The molecule has 0 bridgehead atoms. The zero-order valence-corrected chi connectivity index (χ0v) is 19.5. The Hall–Kier alpha value is -2.19. The molecule has 2 N–H and O–H groups in total. The average molecular weight is 478 g/mol. The lowest BCUT2D eigenvalue weighted by Crippen LogP contribution is -2.38. The van der Waals surface area contributed by atoms with Crippen molar-refractivity contribution in [2.45, 2.75) is 31.9 Å². The van der Waals surface area contributed by atoms with Gasteiger partial charge in [0.15, 0.2) is 5.65 Å². The molecule has 2 fully saturated rings. The number of carbonyl (C=O) groups is 1. The highest BCUT2D eigenvalue weighted by Crippen LogP contribution is 2.40. The van der Waals surface area contributed by atoms with E-state index in [9.17, 15) is 4.79 Å². The number of nitrogens with zero attached hydrogens (tertiary/aromatic N) is 3. The monoisotopic (exact) mass is 477 g/mol. The van der Waals surface area contributed by atoms with E-state index in [1.54, 1.807) is 12.5 Å². The Kier molecular flexibility index (Phi) is 8.11. The van der Waals surface area contributed by atoms with E-state index in [1.165, 1.54) is 5.56 Å². The third kappa shape index (κ3) is 5.23. The number of ether oxygens (including phenoxy) is 1. The molecule has 1 amide bonds. The summed E-state index contributed by atoms with van der Waals surface area (Å²) >= 11 is 0. The third-order valence-corrected chi connectivity index (χ3v) is 6.35. The van der Waals surface area contributed by atoms with E-state index in [1.807, 2.05) is 28.8 Å². The van der Waals surface area contributed by atoms with Crippen molar-refractivity contribution in [3.05, 3.63) is 60.0 Å². The molecule has 9 heteroatoms. The molecule has 1 atom stereocenters. The smallest absolute Gasteiger partial charge is 0.253 e. The van der Waals surface area contributed by atoms with Gasteiger partial charge in [-0.3, -0.25) is 4.79 Å². The Morgan fingerprint density at radius 1 is 1.19 bits per heavy atom. The van der Waals surface area contributed by atoms with Crippen LogP contribution < -0.4 is 10.6 Å². The molecule has 2 saturated heterocycles. The number of hydrogen-bond acceptors (Lipinski definition) is 5. The van der Waals surface area contributed by atoms with Gasteiger partial charge in [-0.15, -0.1) is 24.8 Å². The minimum Gasteiger partial charge on any atom is -0.376 e. The van der Waals surface area contributed by atoms with Gasteiger partial charge in [-0.1, -0.05) is 30.3 Å². The highest BCUT2D eigenvalue weighted by Gasteiger charge is 2.40. The number of halogens is 2. The lowest BCUT2D eigenvalue weighted by atomic mass is 9.77. The first kappa shape index (κ1) is 24.5. The van der Waals surface area contributed by atoms with E-state index in [4.69, 9.17) is 4.74 Å². The second-order valence-corrected chi connectivity index (χ2v) is 8.52. The molecule has 32 heavy (non-hydrogen) atoms. The lowest BCUT2D eigenvalue weighted by Gasteiger charge is -2.32. The topological polar surface area (TPSA) is 81.1 Å². The largest absolute Gasteiger partial charge is 0.376 e. The van der Waals surface area contributed by atoms with Gasteiger partial charge in [-0.05, 0) is 49.4 Å². The number of aromatic nitrogens is 3. The molecule has 4 heterocycles. The number of nitrogens with one attached hydrogen (secondary N) is 2. The Morgan fingerprint density at radius 3 is 2.75 bits per heavy atom. The number of imidazole rings is 1. The summed E-state index contributed by atoms with van der Waals surface area (Å²) in [7, 11) is 0. The molecule has 2 aliphatic rings. The van der Waals surface area contributed by atoms with E-state index in [0.717, 1.165) is 50.1 Å². The van der Waals surface area contributed by atoms with Crippen LogP contribution in [0, 0.1) is 5.41 Å². The Balaban J connectivity index is 0.00000144. The van der Waals surface area contributed by atoms with Crippen LogP contribution in [0.4, 0.5) is 0 Å². The van der Waals surface area contributed by atoms with Crippen molar-refractivity contribution in [3.63, 3.8) is 0 Å². The summed E-state index contributed by atoms with van der Waals surface area (Å²) < 4.78 is 7.99. The van der Waals surface area contributed by atoms with Crippen LogP contribution in [-0.2, 0) is 11.3 Å². The minimum atomic E-state index is -0.128. The standard InChI is InChI=1S/C23H27N5O2.2ClH/c29-22(26-13-19-11-23(15-30-19)6-8-24-9-7-23)18-10-20-21(25-12-18)28(16-27-20)14-17-4-2-1-3-5-17;;/h1-5,10,12,16,19,24H,6-9,11,13-15H2,(H,26,29);2*1H. The first-order valence-corrected chi connectivity index (χ1v) is 10.7. The fourth-order valence-corrected chi connectivity index (χ4v) is 4.61. The minimum absolute atomic E-state index is 0. The number of amides is 1. The highest BCUT2D eigenvalue weighted by atomic mass is 35.5. The van der Waals surface area contributed by atoms with Gasteiger partial charge in [0.25, 0.3) is 5.91 Å². The van der Waals surface area contributed by atoms with E-state index < -0.39 is 0 Å². The molecule has 7 nitrogen and oxygen atoms in total. The quantitative estimate of drug-likeness (QED) is 0.589. The van der Waals surface area contributed by atoms with Gasteiger partial charge in [0.05, 0.1) is 31.1 Å². The lowest BCUT2D eigenvalue weighted by molar-refractivity contribution is 0.0781. The van der Waals surface area contributed by atoms with E-state index in [0.29, 0.717) is 24.1 Å². The van der Waals surface area contributed by atoms with Gasteiger partial charge < -0.3 is 19.9 Å². The van der Waals surface area contributed by atoms with Gasteiger partial charge >= 0.3 is 0 Å². The van der Waals surface area contributed by atoms with Crippen LogP contribution in [0.5, 0.6) is 0 Å². The summed E-state index contributed by atoms with van der Waals surface area (Å²) in [4.78, 5) is 21.6. The van der Waals surface area contributed by atoms with Crippen LogP contribution in [-0.4, -0.2) is 52.8 Å². The van der Waals surface area contributed by atoms with Crippen molar-refractivity contribution >= 4 is 41.9 Å². The predicted octanol–water partition coefficient (Wildman–Crippen LogP) is 3.21. The number of rotatable bonds is 5. The first-order chi connectivity index (χ1) is 14.7. The normalized spacial score (nSPS) is 19.3. The third-order valence-electron chi connectivity index (χ3n) is 6.35. The molecule has 172 valence electrons. The molecule has 1 spiro atoms. The molecule has 0 saturated carbocycles. The van der Waals surface area contributed by atoms with Gasteiger partial charge in [0, 0.05) is 12.7 Å². The first-order valence-electron chi connectivity index (χ1n) is 10.7. The second kappa shape index (κ2) is 10.6. The molecule has 3 aromatic rings.